The summed E-state index contributed by atoms with van der Waals surface area (Å²) >= 11 is 0. The smallest absolute Gasteiger partial charge is 0.226 e. The summed E-state index contributed by atoms with van der Waals surface area (Å²) in [5.74, 6) is 1.72. The number of aryl methyl sites for hydroxylation is 1. The Morgan fingerprint density at radius 3 is 2.90 bits per heavy atom. The molecule has 2 aromatic rings. The number of nitrogens with zero attached hydrogens (tertiary/aromatic N) is 2. The molecular formula is C15H19N3O2. The third kappa shape index (κ3) is 3.05. The van der Waals surface area contributed by atoms with Crippen LogP contribution in [0.25, 0.3) is 0 Å². The molecule has 1 saturated heterocycles. The van der Waals surface area contributed by atoms with Crippen LogP contribution in [0, 0.1) is 0 Å². The van der Waals surface area contributed by atoms with Gasteiger partial charge in [-0.15, -0.1) is 0 Å². The minimum atomic E-state index is 0.00126. The zero-order valence-corrected chi connectivity index (χ0v) is 11.4. The van der Waals surface area contributed by atoms with Gasteiger partial charge in [-0.3, -0.25) is 0 Å². The maximum absolute atomic E-state index is 6.16. The fourth-order valence-corrected chi connectivity index (χ4v) is 2.42. The van der Waals surface area contributed by atoms with Crippen LogP contribution in [-0.2, 0) is 11.2 Å². The molecule has 0 spiro atoms. The second kappa shape index (κ2) is 6.15. The summed E-state index contributed by atoms with van der Waals surface area (Å²) < 4.78 is 10.6. The highest BCUT2D eigenvalue weighted by atomic mass is 16.5. The van der Waals surface area contributed by atoms with Crippen LogP contribution < -0.4 is 5.73 Å². The first-order valence-corrected chi connectivity index (χ1v) is 7.03. The Morgan fingerprint density at radius 2 is 2.15 bits per heavy atom. The van der Waals surface area contributed by atoms with Gasteiger partial charge in [-0.1, -0.05) is 35.5 Å². The highest BCUT2D eigenvalue weighted by molar-refractivity contribution is 5.18. The fourth-order valence-electron chi connectivity index (χ4n) is 2.42. The summed E-state index contributed by atoms with van der Waals surface area (Å²) in [6, 6.07) is 10.1. The molecule has 1 fully saturated rings. The molecule has 3 rings (SSSR count). The Morgan fingerprint density at radius 1 is 1.30 bits per heavy atom. The Balaban J connectivity index is 1.56. The highest BCUT2D eigenvalue weighted by Gasteiger charge is 2.23. The summed E-state index contributed by atoms with van der Waals surface area (Å²) in [5, 5.41) is 4.04. The molecule has 20 heavy (non-hydrogen) atoms. The minimum absolute atomic E-state index is 0.00126. The molecule has 0 aliphatic carbocycles. The van der Waals surface area contributed by atoms with Gasteiger partial charge in [0.25, 0.3) is 0 Å². The van der Waals surface area contributed by atoms with Crippen LogP contribution in [0.5, 0.6) is 0 Å². The molecule has 5 nitrogen and oxygen atoms in total. The van der Waals surface area contributed by atoms with Gasteiger partial charge in [-0.25, -0.2) is 0 Å². The van der Waals surface area contributed by atoms with E-state index >= 15 is 0 Å². The van der Waals surface area contributed by atoms with Crippen molar-refractivity contribution in [1.82, 2.24) is 10.1 Å². The van der Waals surface area contributed by atoms with Crippen molar-refractivity contribution in [2.24, 2.45) is 5.73 Å². The normalized spacial score (nSPS) is 20.1. The lowest BCUT2D eigenvalue weighted by Gasteiger charge is -2.09. The number of benzene rings is 1. The fraction of sp³-hybridized carbons (Fsp3) is 0.467. The number of hydrogen-bond acceptors (Lipinski definition) is 5. The lowest BCUT2D eigenvalue weighted by molar-refractivity contribution is 0.192. The Hall–Kier alpha value is -1.72. The molecule has 2 unspecified atom stereocenters. The maximum Gasteiger partial charge on any atom is 0.226 e. The van der Waals surface area contributed by atoms with Crippen LogP contribution in [0.1, 0.15) is 42.1 Å². The first-order chi connectivity index (χ1) is 9.83. The Bertz CT molecular complexity index is 535. The number of hydrogen-bond donors (Lipinski definition) is 1. The molecule has 1 aliphatic heterocycles. The highest BCUT2D eigenvalue weighted by Crippen LogP contribution is 2.23. The molecule has 106 valence electrons. The molecule has 0 saturated carbocycles. The zero-order chi connectivity index (χ0) is 13.8. The van der Waals surface area contributed by atoms with E-state index in [1.165, 1.54) is 0 Å². The average molecular weight is 273 g/mol. The van der Waals surface area contributed by atoms with E-state index in [4.69, 9.17) is 15.0 Å². The van der Waals surface area contributed by atoms with Gasteiger partial charge in [-0.05, 0) is 18.4 Å². The minimum Gasteiger partial charge on any atom is -0.381 e. The van der Waals surface area contributed by atoms with Gasteiger partial charge in [0, 0.05) is 25.0 Å². The van der Waals surface area contributed by atoms with Crippen LogP contribution in [0.2, 0.25) is 0 Å². The number of rotatable bonds is 5. The second-order valence-electron chi connectivity index (χ2n) is 5.16. The van der Waals surface area contributed by atoms with E-state index < -0.39 is 0 Å². The lowest BCUT2D eigenvalue weighted by atomic mass is 10.0. The van der Waals surface area contributed by atoms with E-state index in [0.717, 1.165) is 30.8 Å². The number of nitrogens with two attached hydrogens (primary N) is 1. The molecule has 1 aromatic heterocycles. The number of aromatic nitrogens is 2. The predicted molar refractivity (Wildman–Crippen MR) is 74.2 cm³/mol. The third-order valence-corrected chi connectivity index (χ3v) is 3.68. The first kappa shape index (κ1) is 13.3. The molecule has 0 bridgehead atoms. The van der Waals surface area contributed by atoms with Crippen LogP contribution in [0.4, 0.5) is 0 Å². The van der Waals surface area contributed by atoms with E-state index in [9.17, 15) is 0 Å². The lowest BCUT2D eigenvalue weighted by Crippen LogP contribution is -2.11. The summed E-state index contributed by atoms with van der Waals surface area (Å²) in [6.07, 6.45) is 2.48. The van der Waals surface area contributed by atoms with E-state index in [0.29, 0.717) is 18.9 Å². The summed E-state index contributed by atoms with van der Waals surface area (Å²) in [5.41, 5.74) is 7.30. The van der Waals surface area contributed by atoms with Gasteiger partial charge in [0.1, 0.15) is 0 Å². The van der Waals surface area contributed by atoms with Crippen molar-refractivity contribution in [3.8, 4) is 0 Å². The molecule has 2 N–H and O–H groups in total. The average Bonchev–Trinajstić information content (AvgIpc) is 3.16. The molecule has 1 aliphatic rings. The topological polar surface area (TPSA) is 74.2 Å². The van der Waals surface area contributed by atoms with Crippen molar-refractivity contribution in [2.45, 2.75) is 31.2 Å². The molecule has 2 atom stereocenters. The van der Waals surface area contributed by atoms with Gasteiger partial charge >= 0.3 is 0 Å². The zero-order valence-electron chi connectivity index (χ0n) is 11.4. The van der Waals surface area contributed by atoms with Crippen LogP contribution >= 0.6 is 0 Å². The van der Waals surface area contributed by atoms with Crippen LogP contribution in [0.15, 0.2) is 34.9 Å². The molecule has 0 amide bonds. The standard InChI is InChI=1S/C15H19N3O2/c16-13(11-4-2-1-3-5-11)6-7-14-17-15(18-20-14)12-8-9-19-10-12/h1-5,12-13H,6-10,16H2. The molecular weight excluding hydrogens is 254 g/mol. The van der Waals surface area contributed by atoms with Gasteiger partial charge in [-0.2, -0.15) is 4.98 Å². The SMILES string of the molecule is NC(CCc1nc(C2CCOC2)no1)c1ccccc1. The van der Waals surface area contributed by atoms with E-state index in [1.807, 2.05) is 30.3 Å². The van der Waals surface area contributed by atoms with Crippen molar-refractivity contribution >= 4 is 0 Å². The third-order valence-electron chi connectivity index (χ3n) is 3.68. The molecule has 1 aromatic carbocycles. The number of ether oxygens (including phenoxy) is 1. The predicted octanol–water partition coefficient (Wildman–Crippen LogP) is 2.21. The molecule has 5 heteroatoms. The van der Waals surface area contributed by atoms with Gasteiger partial charge in [0.05, 0.1) is 6.61 Å². The van der Waals surface area contributed by atoms with Gasteiger partial charge in [0.15, 0.2) is 5.82 Å². The van der Waals surface area contributed by atoms with Crippen LogP contribution in [0.3, 0.4) is 0 Å². The largest absolute Gasteiger partial charge is 0.381 e. The second-order valence-corrected chi connectivity index (χ2v) is 5.16. The monoisotopic (exact) mass is 273 g/mol. The summed E-state index contributed by atoms with van der Waals surface area (Å²) in [6.45, 7) is 1.48. The van der Waals surface area contributed by atoms with E-state index in [-0.39, 0.29) is 12.0 Å². The van der Waals surface area contributed by atoms with Crippen LogP contribution in [-0.4, -0.2) is 23.4 Å². The van der Waals surface area contributed by atoms with Gasteiger partial charge < -0.3 is 15.0 Å². The molecule has 0 radical (unpaired) electrons. The first-order valence-electron chi connectivity index (χ1n) is 7.03. The maximum atomic E-state index is 6.16. The van der Waals surface area contributed by atoms with Crippen molar-refractivity contribution < 1.29 is 9.26 Å². The summed E-state index contributed by atoms with van der Waals surface area (Å²) in [7, 11) is 0. The summed E-state index contributed by atoms with van der Waals surface area (Å²) in [4.78, 5) is 4.44. The van der Waals surface area contributed by atoms with Crippen molar-refractivity contribution in [3.63, 3.8) is 0 Å². The van der Waals surface area contributed by atoms with E-state index in [1.54, 1.807) is 0 Å². The van der Waals surface area contributed by atoms with Crippen molar-refractivity contribution in [3.05, 3.63) is 47.6 Å². The van der Waals surface area contributed by atoms with Gasteiger partial charge in [0.2, 0.25) is 5.89 Å². The van der Waals surface area contributed by atoms with Crippen molar-refractivity contribution in [1.29, 1.82) is 0 Å². The Labute approximate surface area is 118 Å². The molecule has 2 heterocycles. The van der Waals surface area contributed by atoms with E-state index in [2.05, 4.69) is 10.1 Å². The van der Waals surface area contributed by atoms with Crippen molar-refractivity contribution in [2.75, 3.05) is 13.2 Å². The Kier molecular flexibility index (Phi) is 4.08. The quantitative estimate of drug-likeness (QED) is 0.904.